The molecule has 1 heterocycles. The van der Waals surface area contributed by atoms with Crippen LogP contribution < -0.4 is 10.9 Å². The molecule has 3 rings (SSSR count). The largest absolute Gasteiger partial charge is 0.320 e. The molecule has 0 spiro atoms. The summed E-state index contributed by atoms with van der Waals surface area (Å²) in [4.78, 5) is 25.5. The van der Waals surface area contributed by atoms with Crippen molar-refractivity contribution < 1.29 is 13.2 Å². The molecular formula is C20H22N4O4S. The number of fused-ring (bicyclic) bond motifs is 1. The first-order valence-electron chi connectivity index (χ1n) is 9.01. The lowest BCUT2D eigenvalue weighted by atomic mass is 10.1. The Bertz CT molecular complexity index is 1260. The molecule has 0 atom stereocenters. The van der Waals surface area contributed by atoms with Gasteiger partial charge < -0.3 is 5.32 Å². The molecule has 0 radical (unpaired) electrons. The smallest absolute Gasteiger partial charge is 0.276 e. The van der Waals surface area contributed by atoms with E-state index in [1.807, 2.05) is 0 Å². The van der Waals surface area contributed by atoms with Gasteiger partial charge in [0.1, 0.15) is 0 Å². The molecule has 0 aliphatic rings. The zero-order valence-electron chi connectivity index (χ0n) is 16.6. The lowest BCUT2D eigenvalue weighted by Crippen LogP contribution is -2.27. The minimum Gasteiger partial charge on any atom is -0.320 e. The van der Waals surface area contributed by atoms with Gasteiger partial charge in [-0.15, -0.1) is 0 Å². The number of benzene rings is 2. The van der Waals surface area contributed by atoms with Crippen LogP contribution >= 0.6 is 0 Å². The molecule has 1 amide bonds. The van der Waals surface area contributed by atoms with Crippen molar-refractivity contribution in [1.82, 2.24) is 14.1 Å². The lowest BCUT2D eigenvalue weighted by molar-refractivity contribution is 0.102. The summed E-state index contributed by atoms with van der Waals surface area (Å²) in [5.74, 6) is -0.522. The molecule has 29 heavy (non-hydrogen) atoms. The van der Waals surface area contributed by atoms with Crippen LogP contribution in [0.1, 0.15) is 23.0 Å². The maximum absolute atomic E-state index is 13.0. The van der Waals surface area contributed by atoms with Crippen molar-refractivity contribution in [2.75, 3.05) is 19.4 Å². The van der Waals surface area contributed by atoms with E-state index in [1.54, 1.807) is 44.2 Å². The van der Waals surface area contributed by atoms with Gasteiger partial charge >= 0.3 is 0 Å². The zero-order valence-corrected chi connectivity index (χ0v) is 17.4. The highest BCUT2D eigenvalue weighted by Gasteiger charge is 2.21. The normalized spacial score (nSPS) is 11.8. The Morgan fingerprint density at radius 1 is 1.14 bits per heavy atom. The van der Waals surface area contributed by atoms with Crippen molar-refractivity contribution in [2.45, 2.75) is 25.3 Å². The first kappa shape index (κ1) is 20.7. The van der Waals surface area contributed by atoms with E-state index in [-0.39, 0.29) is 16.1 Å². The third-order valence-electron chi connectivity index (χ3n) is 4.62. The van der Waals surface area contributed by atoms with Crippen LogP contribution in [0.4, 0.5) is 5.69 Å². The molecule has 9 heteroatoms. The van der Waals surface area contributed by atoms with E-state index in [9.17, 15) is 18.0 Å². The number of hydrogen-bond donors (Lipinski definition) is 1. The van der Waals surface area contributed by atoms with Crippen LogP contribution in [0.3, 0.4) is 0 Å². The van der Waals surface area contributed by atoms with Crippen LogP contribution in [0.2, 0.25) is 0 Å². The highest BCUT2D eigenvalue weighted by atomic mass is 32.2. The highest BCUT2D eigenvalue weighted by molar-refractivity contribution is 7.89. The van der Waals surface area contributed by atoms with Gasteiger partial charge in [-0.3, -0.25) is 9.59 Å². The molecule has 0 unspecified atom stereocenters. The summed E-state index contributed by atoms with van der Waals surface area (Å²) >= 11 is 0. The van der Waals surface area contributed by atoms with Crippen LogP contribution in [0, 0.1) is 6.92 Å². The Morgan fingerprint density at radius 3 is 2.41 bits per heavy atom. The van der Waals surface area contributed by atoms with Crippen molar-refractivity contribution >= 4 is 32.4 Å². The number of aryl methyl sites for hydroxylation is 2. The predicted octanol–water partition coefficient (Wildman–Crippen LogP) is 2.23. The number of nitrogens with one attached hydrogen (secondary N) is 1. The fourth-order valence-corrected chi connectivity index (χ4v) is 3.83. The summed E-state index contributed by atoms with van der Waals surface area (Å²) in [7, 11) is -0.763. The van der Waals surface area contributed by atoms with Gasteiger partial charge in [-0.25, -0.2) is 17.4 Å². The summed E-state index contributed by atoms with van der Waals surface area (Å²) in [5.41, 5.74) is 0.888. The van der Waals surface area contributed by atoms with Crippen LogP contribution in [-0.4, -0.2) is 42.5 Å². The average molecular weight is 414 g/mol. The van der Waals surface area contributed by atoms with E-state index in [4.69, 9.17) is 0 Å². The number of carbonyl (C=O) groups is 1. The molecule has 8 nitrogen and oxygen atoms in total. The van der Waals surface area contributed by atoms with Gasteiger partial charge in [-0.05, 0) is 37.6 Å². The first-order valence-corrected chi connectivity index (χ1v) is 10.4. The molecule has 2 aromatic carbocycles. The maximum atomic E-state index is 13.0. The fourth-order valence-electron chi connectivity index (χ4n) is 2.91. The lowest BCUT2D eigenvalue weighted by Gasteiger charge is -2.15. The van der Waals surface area contributed by atoms with E-state index in [0.29, 0.717) is 28.6 Å². The molecular weight excluding hydrogens is 392 g/mol. The number of anilines is 1. The minimum absolute atomic E-state index is 0.0692. The van der Waals surface area contributed by atoms with Crippen molar-refractivity contribution in [3.63, 3.8) is 0 Å². The maximum Gasteiger partial charge on any atom is 0.276 e. The third kappa shape index (κ3) is 3.79. The number of sulfonamides is 1. The number of amides is 1. The molecule has 0 aliphatic carbocycles. The van der Waals surface area contributed by atoms with E-state index in [1.165, 1.54) is 30.9 Å². The quantitative estimate of drug-likeness (QED) is 0.690. The minimum atomic E-state index is -3.65. The third-order valence-corrected chi connectivity index (χ3v) is 6.43. The molecule has 1 N–H and O–H groups in total. The molecule has 3 aromatic rings. The van der Waals surface area contributed by atoms with Gasteiger partial charge in [0.15, 0.2) is 5.69 Å². The van der Waals surface area contributed by atoms with Crippen molar-refractivity contribution in [3.8, 4) is 0 Å². The van der Waals surface area contributed by atoms with E-state index >= 15 is 0 Å². The van der Waals surface area contributed by atoms with Crippen LogP contribution in [0.15, 0.2) is 52.2 Å². The van der Waals surface area contributed by atoms with Crippen LogP contribution in [0.5, 0.6) is 0 Å². The van der Waals surface area contributed by atoms with Gasteiger partial charge in [0.05, 0.1) is 10.3 Å². The number of carbonyl (C=O) groups excluding carboxylic acids is 1. The summed E-state index contributed by atoms with van der Waals surface area (Å²) in [5, 5.41) is 7.79. The van der Waals surface area contributed by atoms with E-state index < -0.39 is 15.9 Å². The number of aromatic nitrogens is 2. The van der Waals surface area contributed by atoms with Crippen molar-refractivity contribution in [1.29, 1.82) is 0 Å². The summed E-state index contributed by atoms with van der Waals surface area (Å²) in [6, 6.07) is 11.3. The standard InChI is InChI=1S/C20H22N4O4S/c1-5-24-20(26)16-9-7-6-8-15(16)18(22-24)19(25)21-17-12-14(11-10-13(17)2)29(27,28)23(3)4/h6-12H,5H2,1-4H3,(H,21,25). The first-order chi connectivity index (χ1) is 13.7. The highest BCUT2D eigenvalue weighted by Crippen LogP contribution is 2.23. The van der Waals surface area contributed by atoms with Crippen molar-refractivity contribution in [2.24, 2.45) is 0 Å². The molecule has 0 saturated carbocycles. The van der Waals surface area contributed by atoms with Gasteiger partial charge in [0.2, 0.25) is 10.0 Å². The fraction of sp³-hybridized carbons (Fsp3) is 0.250. The second-order valence-electron chi connectivity index (χ2n) is 6.73. The molecule has 0 saturated heterocycles. The number of nitrogens with zero attached hydrogens (tertiary/aromatic N) is 3. The Labute approximate surface area is 168 Å². The molecule has 0 bridgehead atoms. The second kappa shape index (κ2) is 7.76. The zero-order chi connectivity index (χ0) is 21.3. The Morgan fingerprint density at radius 2 is 1.79 bits per heavy atom. The van der Waals surface area contributed by atoms with Gasteiger partial charge in [0, 0.05) is 31.7 Å². The Kier molecular flexibility index (Phi) is 5.54. The molecule has 1 aromatic heterocycles. The van der Waals surface area contributed by atoms with E-state index in [2.05, 4.69) is 10.4 Å². The second-order valence-corrected chi connectivity index (χ2v) is 8.89. The average Bonchev–Trinajstić information content (AvgIpc) is 2.69. The monoisotopic (exact) mass is 414 g/mol. The summed E-state index contributed by atoms with van der Waals surface area (Å²) in [6.45, 7) is 3.85. The molecule has 152 valence electrons. The Balaban J connectivity index is 2.08. The molecule has 0 fully saturated rings. The Hall–Kier alpha value is -3.04. The summed E-state index contributed by atoms with van der Waals surface area (Å²) < 4.78 is 27.2. The van der Waals surface area contributed by atoms with Crippen LogP contribution in [0.25, 0.3) is 10.8 Å². The SMILES string of the molecule is CCn1nc(C(=O)Nc2cc(S(=O)(=O)N(C)C)ccc2C)c2ccccc2c1=O. The van der Waals surface area contributed by atoms with Crippen molar-refractivity contribution in [3.05, 3.63) is 64.1 Å². The van der Waals surface area contributed by atoms with Gasteiger partial charge in [0.25, 0.3) is 11.5 Å². The van der Waals surface area contributed by atoms with Gasteiger partial charge in [-0.2, -0.15) is 5.10 Å². The number of hydrogen-bond acceptors (Lipinski definition) is 5. The van der Waals surface area contributed by atoms with Gasteiger partial charge in [-0.1, -0.05) is 24.3 Å². The molecule has 0 aliphatic heterocycles. The topological polar surface area (TPSA) is 101 Å². The van der Waals surface area contributed by atoms with E-state index in [0.717, 1.165) is 4.31 Å². The van der Waals surface area contributed by atoms with Crippen LogP contribution in [-0.2, 0) is 16.6 Å². The summed E-state index contributed by atoms with van der Waals surface area (Å²) in [6.07, 6.45) is 0. The number of rotatable bonds is 5. The predicted molar refractivity (Wildman–Crippen MR) is 112 cm³/mol.